The van der Waals surface area contributed by atoms with Crippen LogP contribution in [0.15, 0.2) is 83.8 Å². The number of aromatic hydroxyl groups is 1. The third-order valence-electron chi connectivity index (χ3n) is 10.7. The molecule has 3 heterocycles. The Morgan fingerprint density at radius 1 is 1.02 bits per heavy atom. The number of fused-ring (bicyclic) bond motifs is 4. The summed E-state index contributed by atoms with van der Waals surface area (Å²) in [7, 11) is 1.32. The Balaban J connectivity index is 0.000000156. The average molecular weight is 905 g/mol. The number of hydrogen-bond donors (Lipinski definition) is 4. The van der Waals surface area contributed by atoms with Crippen LogP contribution >= 0.6 is 35.0 Å². The van der Waals surface area contributed by atoms with Crippen LogP contribution in [0.3, 0.4) is 0 Å². The SMILES string of the molecule is CCCSc1ccc2nc(NC(=O)OC)[nH]c2c1.O=C(C1CCCCC1)N1CC(=O)N2CCc3ccccc3C2C1.O=C(Nc1ccc([N+](=O)[O-])cc1Cl)c1cc(Cl)ccc1O. The van der Waals surface area contributed by atoms with E-state index in [4.69, 9.17) is 23.2 Å². The van der Waals surface area contributed by atoms with E-state index >= 15 is 0 Å². The monoisotopic (exact) mass is 903 g/mol. The van der Waals surface area contributed by atoms with E-state index in [9.17, 15) is 34.4 Å². The number of halogens is 2. The smallest absolute Gasteiger partial charge is 0.413 e. The Kier molecular flexibility index (Phi) is 15.7. The fourth-order valence-electron chi connectivity index (χ4n) is 7.55. The van der Waals surface area contributed by atoms with E-state index in [1.54, 1.807) is 11.8 Å². The molecule has 18 heteroatoms. The number of amides is 4. The van der Waals surface area contributed by atoms with Gasteiger partial charge in [0, 0.05) is 41.1 Å². The van der Waals surface area contributed by atoms with Gasteiger partial charge in [-0.1, -0.05) is 73.7 Å². The number of H-pyrrole nitrogens is 1. The Morgan fingerprint density at radius 3 is 2.52 bits per heavy atom. The van der Waals surface area contributed by atoms with Crippen molar-refractivity contribution in [2.24, 2.45) is 5.92 Å². The minimum absolute atomic E-state index is 0.0130. The van der Waals surface area contributed by atoms with Crippen molar-refractivity contribution in [3.63, 3.8) is 0 Å². The number of carbonyl (C=O) groups is 4. The van der Waals surface area contributed by atoms with Crippen molar-refractivity contribution in [2.75, 3.05) is 43.1 Å². The predicted molar refractivity (Wildman–Crippen MR) is 240 cm³/mol. The zero-order valence-electron chi connectivity index (χ0n) is 34.2. The Morgan fingerprint density at radius 2 is 1.79 bits per heavy atom. The molecule has 4 aromatic carbocycles. The summed E-state index contributed by atoms with van der Waals surface area (Å²) in [5, 5.41) is 25.5. The summed E-state index contributed by atoms with van der Waals surface area (Å²) in [6.45, 7) is 3.87. The molecule has 1 atom stereocenters. The molecule has 1 unspecified atom stereocenters. The zero-order valence-corrected chi connectivity index (χ0v) is 36.5. The molecule has 1 aromatic heterocycles. The number of imidazole rings is 1. The van der Waals surface area contributed by atoms with Gasteiger partial charge in [-0.2, -0.15) is 0 Å². The molecule has 5 aromatic rings. The Labute approximate surface area is 372 Å². The highest BCUT2D eigenvalue weighted by Crippen LogP contribution is 2.35. The van der Waals surface area contributed by atoms with Crippen molar-refractivity contribution in [1.29, 1.82) is 0 Å². The molecule has 0 bridgehead atoms. The maximum atomic E-state index is 12.8. The van der Waals surface area contributed by atoms with Crippen molar-refractivity contribution in [3.05, 3.63) is 116 Å². The summed E-state index contributed by atoms with van der Waals surface area (Å²) < 4.78 is 4.51. The van der Waals surface area contributed by atoms with Crippen LogP contribution in [-0.4, -0.2) is 86.1 Å². The van der Waals surface area contributed by atoms with Crippen molar-refractivity contribution in [1.82, 2.24) is 19.8 Å². The Bertz CT molecular complexity index is 2440. The first-order valence-corrected chi connectivity index (χ1v) is 22.0. The molecule has 4 amide bonds. The number of aromatic nitrogens is 2. The van der Waals surface area contributed by atoms with Crippen molar-refractivity contribution in [2.45, 2.75) is 62.8 Å². The number of anilines is 2. The van der Waals surface area contributed by atoms with Gasteiger partial charge in [-0.15, -0.1) is 11.8 Å². The second kappa shape index (κ2) is 21.3. The first kappa shape index (κ1) is 45.7. The van der Waals surface area contributed by atoms with E-state index in [-0.39, 0.29) is 63.1 Å². The average Bonchev–Trinajstić information content (AvgIpc) is 3.68. The van der Waals surface area contributed by atoms with Crippen LogP contribution in [-0.2, 0) is 20.7 Å². The number of benzene rings is 4. The third kappa shape index (κ3) is 11.5. The number of phenolic OH excluding ortho intramolecular Hbond substituents is 1. The number of nitro benzene ring substituents is 1. The van der Waals surface area contributed by atoms with Crippen molar-refractivity contribution >= 4 is 87.1 Å². The van der Waals surface area contributed by atoms with Gasteiger partial charge in [-0.3, -0.25) is 29.8 Å². The van der Waals surface area contributed by atoms with Gasteiger partial charge in [-0.05, 0) is 85.0 Å². The second-order valence-corrected chi connectivity index (χ2v) is 16.9. The lowest BCUT2D eigenvalue weighted by Gasteiger charge is -2.45. The lowest BCUT2D eigenvalue weighted by Crippen LogP contribution is -2.56. The first-order valence-electron chi connectivity index (χ1n) is 20.2. The van der Waals surface area contributed by atoms with Gasteiger partial charge in [0.15, 0.2) is 0 Å². The number of non-ortho nitro benzene ring substituents is 1. The molecule has 4 N–H and O–H groups in total. The minimum atomic E-state index is -0.634. The minimum Gasteiger partial charge on any atom is -0.507 e. The second-order valence-electron chi connectivity index (χ2n) is 14.9. The van der Waals surface area contributed by atoms with Crippen LogP contribution in [0.4, 0.5) is 22.1 Å². The van der Waals surface area contributed by atoms with Gasteiger partial charge in [0.05, 0.1) is 51.9 Å². The highest BCUT2D eigenvalue weighted by Gasteiger charge is 2.40. The number of methoxy groups -OCH3 is 1. The molecule has 0 spiro atoms. The Hall–Kier alpha value is -5.84. The number of thioether (sulfide) groups is 1. The van der Waals surface area contributed by atoms with Gasteiger partial charge >= 0.3 is 6.09 Å². The molecule has 15 nitrogen and oxygen atoms in total. The molecular formula is C44H47Cl2N7O8S. The standard InChI is InChI=1S/C19H24N2O2.C13H8Cl2N2O4.C12H15N3O2S/c22-18-13-20(19(23)15-7-2-1-3-8-15)12-17-16-9-5-4-6-14(16)10-11-21(17)18;14-7-1-4-12(18)9(5-7)13(19)16-11-3-2-8(17(20)21)6-10(11)15;1-3-6-18-8-4-5-9-10(7-8)14-11(13-9)15-12(16)17-2/h4-6,9,15,17H,1-3,7-8,10-13H2;1-6,18H,(H,16,19);4-5,7H,3,6H2,1-2H3,(H2,13,14,15,16). The predicted octanol–water partition coefficient (Wildman–Crippen LogP) is 9.64. The van der Waals surface area contributed by atoms with Gasteiger partial charge in [0.25, 0.3) is 11.6 Å². The summed E-state index contributed by atoms with van der Waals surface area (Å²) in [4.78, 5) is 70.8. The molecule has 62 heavy (non-hydrogen) atoms. The van der Waals surface area contributed by atoms with E-state index in [1.807, 2.05) is 34.1 Å². The van der Waals surface area contributed by atoms with Gasteiger partial charge in [0.1, 0.15) is 5.75 Å². The fourth-order valence-corrected chi connectivity index (χ4v) is 8.75. The molecule has 2 fully saturated rings. The number of piperazine rings is 1. The van der Waals surface area contributed by atoms with Crippen LogP contribution in [0.5, 0.6) is 5.75 Å². The molecule has 2 aliphatic heterocycles. The number of aromatic amines is 1. The molecule has 1 saturated heterocycles. The fraction of sp³-hybridized carbons (Fsp3) is 0.341. The quantitative estimate of drug-likeness (QED) is 0.0660. The van der Waals surface area contributed by atoms with E-state index < -0.39 is 16.9 Å². The normalized spacial score (nSPS) is 15.8. The largest absolute Gasteiger partial charge is 0.507 e. The maximum absolute atomic E-state index is 12.8. The molecule has 0 radical (unpaired) electrons. The van der Waals surface area contributed by atoms with E-state index in [2.05, 4.69) is 50.5 Å². The van der Waals surface area contributed by atoms with Crippen molar-refractivity contribution in [3.8, 4) is 5.75 Å². The van der Waals surface area contributed by atoms with Crippen molar-refractivity contribution < 1.29 is 33.9 Å². The topological polar surface area (TPSA) is 200 Å². The number of nitrogens with zero attached hydrogens (tertiary/aromatic N) is 4. The number of phenols is 1. The molecular weight excluding hydrogens is 857 g/mol. The molecule has 1 saturated carbocycles. The number of nitro groups is 1. The lowest BCUT2D eigenvalue weighted by molar-refractivity contribution is -0.384. The molecule has 3 aliphatic rings. The van der Waals surface area contributed by atoms with Gasteiger partial charge in [0.2, 0.25) is 17.8 Å². The van der Waals surface area contributed by atoms with E-state index in [0.29, 0.717) is 12.5 Å². The van der Waals surface area contributed by atoms with Crippen LogP contribution in [0, 0.1) is 16.0 Å². The molecule has 326 valence electrons. The number of hydrogen-bond acceptors (Lipinski definition) is 10. The zero-order chi connectivity index (χ0) is 44.3. The van der Waals surface area contributed by atoms with Gasteiger partial charge in [-0.25, -0.2) is 9.78 Å². The van der Waals surface area contributed by atoms with Crippen LogP contribution in [0.1, 0.15) is 73.0 Å². The van der Waals surface area contributed by atoms with E-state index in [1.165, 1.54) is 59.9 Å². The maximum Gasteiger partial charge on any atom is 0.413 e. The number of ether oxygens (including phenoxy) is 1. The van der Waals surface area contributed by atoms with Crippen LogP contribution in [0.25, 0.3) is 11.0 Å². The van der Waals surface area contributed by atoms with Gasteiger partial charge < -0.3 is 29.9 Å². The summed E-state index contributed by atoms with van der Waals surface area (Å²) in [5.41, 5.74) is 4.25. The summed E-state index contributed by atoms with van der Waals surface area (Å²) in [5.74, 6) is 1.07. The molecule has 8 rings (SSSR count). The van der Waals surface area contributed by atoms with E-state index in [0.717, 1.165) is 67.9 Å². The highest BCUT2D eigenvalue weighted by atomic mass is 35.5. The summed E-state index contributed by atoms with van der Waals surface area (Å²) in [6, 6.07) is 22.1. The number of carbonyl (C=O) groups excluding carboxylic acids is 4. The third-order valence-corrected chi connectivity index (χ3v) is 12.4. The van der Waals surface area contributed by atoms with Crippen LogP contribution < -0.4 is 10.6 Å². The molecule has 1 aliphatic carbocycles. The number of nitrogens with one attached hydrogen (secondary N) is 3. The summed E-state index contributed by atoms with van der Waals surface area (Å²) >= 11 is 13.4. The first-order chi connectivity index (χ1) is 29.8. The highest BCUT2D eigenvalue weighted by molar-refractivity contribution is 7.99. The number of rotatable bonds is 8. The summed E-state index contributed by atoms with van der Waals surface area (Å²) in [6.07, 6.45) is 7.06. The lowest BCUT2D eigenvalue weighted by atomic mass is 9.87. The van der Waals surface area contributed by atoms with Crippen LogP contribution in [0.2, 0.25) is 10.0 Å².